The summed E-state index contributed by atoms with van der Waals surface area (Å²) in [5, 5.41) is 2.50. The Morgan fingerprint density at radius 3 is 2.47 bits per heavy atom. The van der Waals surface area contributed by atoms with Crippen LogP contribution in [0.25, 0.3) is 0 Å². The number of unbranched alkanes of at least 4 members (excludes halogenated alkanes) is 1. The van der Waals surface area contributed by atoms with Crippen molar-refractivity contribution in [3.63, 3.8) is 0 Å². The Morgan fingerprint density at radius 1 is 1.16 bits per heavy atom. The lowest BCUT2D eigenvalue weighted by Gasteiger charge is -2.21. The summed E-state index contributed by atoms with van der Waals surface area (Å²) in [6.07, 6.45) is -4.66. The van der Waals surface area contributed by atoms with E-state index in [1.54, 1.807) is 11.6 Å². The van der Waals surface area contributed by atoms with Gasteiger partial charge in [0.15, 0.2) is 5.69 Å². The number of amides is 1. The van der Waals surface area contributed by atoms with Gasteiger partial charge in [0.2, 0.25) is 10.0 Å². The summed E-state index contributed by atoms with van der Waals surface area (Å²) in [6, 6.07) is 2.57. The van der Waals surface area contributed by atoms with Gasteiger partial charge in [-0.25, -0.2) is 17.5 Å². The number of nitrogens with one attached hydrogen (secondary N) is 2. The highest BCUT2D eigenvalue weighted by molar-refractivity contribution is 7.89. The average molecular weight is 586 g/mol. The van der Waals surface area contributed by atoms with Gasteiger partial charge in [-0.2, -0.15) is 35.2 Å². The maximum atomic E-state index is 14.5. The lowest BCUT2D eigenvalue weighted by Crippen LogP contribution is -2.46. The normalized spacial score (nSPS) is 18.2. The highest BCUT2D eigenvalue weighted by Crippen LogP contribution is 2.33. The van der Waals surface area contributed by atoms with Crippen LogP contribution < -0.4 is 10.0 Å². The molecule has 1 atom stereocenters. The monoisotopic (exact) mass is 585 g/mol. The number of alkyl halides is 4. The van der Waals surface area contributed by atoms with Crippen LogP contribution in [0.4, 0.5) is 29.3 Å². The van der Waals surface area contributed by atoms with Crippen molar-refractivity contribution >= 4 is 37.8 Å². The van der Waals surface area contributed by atoms with Crippen molar-refractivity contribution in [3.8, 4) is 0 Å². The van der Waals surface area contributed by atoms with E-state index in [1.807, 2.05) is 0 Å². The van der Waals surface area contributed by atoms with Gasteiger partial charge in [0, 0.05) is 31.9 Å². The highest BCUT2D eigenvalue weighted by atomic mass is 32.2. The SMILES string of the molecule is CCCCS(=O)(=O)N1CCN(S(=O)(=O)NC(=O)c2coc(Nc3cc(C(F)(F)F)ccc3C)n2)CC(F)C1. The van der Waals surface area contributed by atoms with Gasteiger partial charge in [-0.05, 0) is 31.0 Å². The van der Waals surface area contributed by atoms with Gasteiger partial charge in [0.1, 0.15) is 12.4 Å². The highest BCUT2D eigenvalue weighted by Gasteiger charge is 2.35. The van der Waals surface area contributed by atoms with E-state index < -0.39 is 69.4 Å². The largest absolute Gasteiger partial charge is 0.431 e. The number of aromatic nitrogens is 1. The predicted octanol–water partition coefficient (Wildman–Crippen LogP) is 2.81. The third-order valence-electron chi connectivity index (χ3n) is 5.66. The number of sulfonamides is 1. The first-order valence-electron chi connectivity index (χ1n) is 11.5. The van der Waals surface area contributed by atoms with E-state index in [2.05, 4.69) is 10.3 Å². The summed E-state index contributed by atoms with van der Waals surface area (Å²) in [5.74, 6) is -1.43. The fraction of sp³-hybridized carbons (Fsp3) is 0.524. The van der Waals surface area contributed by atoms with Crippen molar-refractivity contribution in [2.75, 3.05) is 37.2 Å². The minimum atomic E-state index is -4.61. The van der Waals surface area contributed by atoms with Crippen LogP contribution in [-0.4, -0.2) is 74.4 Å². The second kappa shape index (κ2) is 11.5. The number of hydrogen-bond acceptors (Lipinski definition) is 8. The van der Waals surface area contributed by atoms with E-state index in [0.29, 0.717) is 22.7 Å². The van der Waals surface area contributed by atoms with E-state index in [9.17, 15) is 39.2 Å². The Bertz CT molecular complexity index is 1360. The number of nitrogens with zero attached hydrogens (tertiary/aromatic N) is 3. The predicted molar refractivity (Wildman–Crippen MR) is 129 cm³/mol. The molecule has 17 heteroatoms. The topological polar surface area (TPSA) is 142 Å². The fourth-order valence-corrected chi connectivity index (χ4v) is 6.36. The van der Waals surface area contributed by atoms with Gasteiger partial charge in [-0.3, -0.25) is 4.79 Å². The van der Waals surface area contributed by atoms with Crippen LogP contribution in [0, 0.1) is 6.92 Å². The third-order valence-corrected chi connectivity index (χ3v) is 9.03. The molecule has 2 heterocycles. The first kappa shape index (κ1) is 29.8. The van der Waals surface area contributed by atoms with Crippen molar-refractivity contribution in [1.29, 1.82) is 0 Å². The summed E-state index contributed by atoms with van der Waals surface area (Å²) >= 11 is 0. The molecule has 1 aliphatic heterocycles. The number of anilines is 2. The molecule has 1 aromatic heterocycles. The second-order valence-electron chi connectivity index (χ2n) is 8.61. The molecular formula is C21H27F4N5O6S2. The molecule has 1 unspecified atom stereocenters. The molecule has 212 valence electrons. The molecule has 0 bridgehead atoms. The molecule has 0 aliphatic carbocycles. The molecule has 0 spiro atoms. The molecule has 0 saturated carbocycles. The Labute approximate surface area is 217 Å². The molecule has 1 amide bonds. The summed E-state index contributed by atoms with van der Waals surface area (Å²) < 4.78 is 112. The van der Waals surface area contributed by atoms with Crippen molar-refractivity contribution in [1.82, 2.24) is 18.3 Å². The average Bonchev–Trinajstić information content (AvgIpc) is 3.18. The molecule has 2 aromatic rings. The van der Waals surface area contributed by atoms with Crippen LogP contribution in [0.15, 0.2) is 28.9 Å². The van der Waals surface area contributed by atoms with Gasteiger partial charge >= 0.3 is 16.4 Å². The van der Waals surface area contributed by atoms with E-state index >= 15 is 0 Å². The molecule has 2 N–H and O–H groups in total. The van der Waals surface area contributed by atoms with Gasteiger partial charge < -0.3 is 9.73 Å². The fourth-order valence-electron chi connectivity index (χ4n) is 3.55. The quantitative estimate of drug-likeness (QED) is 0.428. The number of aryl methyl sites for hydroxylation is 1. The van der Waals surface area contributed by atoms with Crippen molar-refractivity contribution in [3.05, 3.63) is 41.3 Å². The summed E-state index contributed by atoms with van der Waals surface area (Å²) in [5.41, 5.74) is -1.03. The van der Waals surface area contributed by atoms with Crippen molar-refractivity contribution in [2.45, 2.75) is 39.0 Å². The zero-order chi connectivity index (χ0) is 28.3. The van der Waals surface area contributed by atoms with Crippen LogP contribution in [0.1, 0.15) is 41.4 Å². The van der Waals surface area contributed by atoms with Crippen molar-refractivity contribution in [2.24, 2.45) is 0 Å². The Kier molecular flexibility index (Phi) is 9.05. The van der Waals surface area contributed by atoms with Crippen LogP contribution in [0.2, 0.25) is 0 Å². The van der Waals surface area contributed by atoms with Gasteiger partial charge in [-0.15, -0.1) is 0 Å². The molecule has 1 aromatic carbocycles. The van der Waals surface area contributed by atoms with Gasteiger partial charge in [0.25, 0.3) is 11.9 Å². The lowest BCUT2D eigenvalue weighted by molar-refractivity contribution is -0.137. The van der Waals surface area contributed by atoms with Crippen LogP contribution in [-0.2, 0) is 26.4 Å². The van der Waals surface area contributed by atoms with Gasteiger partial charge in [-0.1, -0.05) is 19.4 Å². The minimum Gasteiger partial charge on any atom is -0.431 e. The van der Waals surface area contributed by atoms with Crippen molar-refractivity contribution < 1.29 is 43.6 Å². The van der Waals surface area contributed by atoms with Crippen LogP contribution in [0.3, 0.4) is 0 Å². The number of benzene rings is 1. The number of halogens is 4. The number of rotatable bonds is 9. The molecule has 1 fully saturated rings. The molecule has 38 heavy (non-hydrogen) atoms. The van der Waals surface area contributed by atoms with E-state index in [4.69, 9.17) is 4.42 Å². The molecular weight excluding hydrogens is 558 g/mol. The lowest BCUT2D eigenvalue weighted by atomic mass is 10.1. The van der Waals surface area contributed by atoms with E-state index in [-0.39, 0.29) is 24.0 Å². The first-order chi connectivity index (χ1) is 17.6. The maximum Gasteiger partial charge on any atom is 0.416 e. The smallest absolute Gasteiger partial charge is 0.416 e. The van der Waals surface area contributed by atoms with Gasteiger partial charge in [0.05, 0.1) is 11.3 Å². The zero-order valence-corrected chi connectivity index (χ0v) is 22.1. The third kappa shape index (κ3) is 7.42. The zero-order valence-electron chi connectivity index (χ0n) is 20.5. The van der Waals surface area contributed by atoms with E-state index in [0.717, 1.165) is 22.7 Å². The molecule has 11 nitrogen and oxygen atoms in total. The Morgan fingerprint density at radius 2 is 1.82 bits per heavy atom. The standard InChI is InChI=1S/C21H27F4N5O6S2/c1-3-4-9-37(32,33)29-7-8-30(12-16(22)11-29)38(34,35)28-19(31)18-13-36-20(27-18)26-17-10-15(21(23,24)25)6-5-14(17)2/h5-6,10,13,16H,3-4,7-9,11-12H2,1-2H3,(H,26,27)(H,28,31). The maximum absolute atomic E-state index is 14.5. The Hall–Kier alpha value is -2.76. The van der Waals surface area contributed by atoms with E-state index in [1.165, 1.54) is 13.0 Å². The summed E-state index contributed by atoms with van der Waals surface area (Å²) in [6.45, 7) is 1.45. The molecule has 1 aliphatic rings. The number of oxazole rings is 1. The first-order valence-corrected chi connectivity index (χ1v) is 14.5. The number of hydrogen-bond donors (Lipinski definition) is 2. The summed E-state index contributed by atoms with van der Waals surface area (Å²) in [7, 11) is -8.39. The minimum absolute atomic E-state index is 0.00162. The molecule has 1 saturated heterocycles. The van der Waals surface area contributed by atoms with Crippen LogP contribution >= 0.6 is 0 Å². The molecule has 0 radical (unpaired) electrons. The molecule has 3 rings (SSSR count). The van der Waals surface area contributed by atoms with Crippen LogP contribution in [0.5, 0.6) is 0 Å². The summed E-state index contributed by atoms with van der Waals surface area (Å²) in [4.78, 5) is 16.3. The number of carbonyl (C=O) groups is 1. The Balaban J connectivity index is 1.68. The number of carbonyl (C=O) groups excluding carboxylic acids is 1. The second-order valence-corrected chi connectivity index (χ2v) is 12.4.